The molecule has 0 fully saturated rings. The average molecular weight is 390 g/mol. The van der Waals surface area contributed by atoms with E-state index in [1.54, 1.807) is 6.20 Å². The molecule has 1 aromatic carbocycles. The number of fused-ring (bicyclic) bond motifs is 1. The van der Waals surface area contributed by atoms with Crippen LogP contribution in [-0.2, 0) is 0 Å². The van der Waals surface area contributed by atoms with Gasteiger partial charge in [-0.25, -0.2) is 9.97 Å². The second-order valence-electron chi connectivity index (χ2n) is 4.71. The molecule has 0 aliphatic rings. The monoisotopic (exact) mass is 390 g/mol. The average Bonchev–Trinajstić information content (AvgIpc) is 2.51. The van der Waals surface area contributed by atoms with Gasteiger partial charge >= 0.3 is 0 Å². The quantitative estimate of drug-likeness (QED) is 0.686. The zero-order valence-corrected chi connectivity index (χ0v) is 14.0. The van der Waals surface area contributed by atoms with Gasteiger partial charge in [0.2, 0.25) is 0 Å². The Labute approximate surface area is 137 Å². The maximum absolute atomic E-state index is 4.67. The Bertz CT molecular complexity index is 796. The minimum Gasteiger partial charge on any atom is -0.369 e. The van der Waals surface area contributed by atoms with Crippen LogP contribution in [0.1, 0.15) is 12.6 Å². The number of rotatable bonds is 3. The van der Waals surface area contributed by atoms with E-state index in [1.165, 1.54) is 0 Å². The van der Waals surface area contributed by atoms with Crippen molar-refractivity contribution in [2.75, 3.05) is 11.9 Å². The first-order valence-corrected chi connectivity index (χ1v) is 7.90. The molecule has 2 heterocycles. The van der Waals surface area contributed by atoms with Crippen molar-refractivity contribution in [3.63, 3.8) is 0 Å². The summed E-state index contributed by atoms with van der Waals surface area (Å²) in [7, 11) is 0. The number of nitrogens with one attached hydrogen (secondary N) is 1. The van der Waals surface area contributed by atoms with Crippen LogP contribution in [0.5, 0.6) is 0 Å². The van der Waals surface area contributed by atoms with Crippen LogP contribution in [0.4, 0.5) is 5.82 Å². The molecule has 3 rings (SSSR count). The third-order valence-corrected chi connectivity index (χ3v) is 4.53. The van der Waals surface area contributed by atoms with Crippen LogP contribution in [0.25, 0.3) is 22.3 Å². The lowest BCUT2D eigenvalue weighted by Gasteiger charge is -2.11. The van der Waals surface area contributed by atoms with E-state index in [9.17, 15) is 0 Å². The molecule has 0 saturated carbocycles. The molecule has 0 radical (unpaired) electrons. The third-order valence-electron chi connectivity index (χ3n) is 3.23. The lowest BCUT2D eigenvalue weighted by atomic mass is 10.1. The third kappa shape index (κ3) is 2.70. The highest BCUT2D eigenvalue weighted by Gasteiger charge is 2.12. The molecule has 0 atom stereocenters. The first-order chi connectivity index (χ1) is 10.2. The van der Waals surface area contributed by atoms with Crippen molar-refractivity contribution in [2.45, 2.75) is 13.8 Å². The van der Waals surface area contributed by atoms with Crippen LogP contribution in [0.3, 0.4) is 0 Å². The summed E-state index contributed by atoms with van der Waals surface area (Å²) in [6.07, 6.45) is 1.80. The normalized spacial score (nSPS) is 10.8. The van der Waals surface area contributed by atoms with Crippen LogP contribution < -0.4 is 5.32 Å². The molecule has 1 N–H and O–H groups in total. The van der Waals surface area contributed by atoms with E-state index in [4.69, 9.17) is 0 Å². The van der Waals surface area contributed by atoms with Crippen molar-refractivity contribution in [3.05, 3.63) is 45.8 Å². The minimum atomic E-state index is 0.716. The molecule has 21 heavy (non-hydrogen) atoms. The molecule has 5 heteroatoms. The van der Waals surface area contributed by atoms with Gasteiger partial charge in [-0.2, -0.15) is 0 Å². The predicted molar refractivity (Wildman–Crippen MR) is 94.4 cm³/mol. The summed E-state index contributed by atoms with van der Waals surface area (Å²) < 4.78 is 1.06. The van der Waals surface area contributed by atoms with Gasteiger partial charge in [0.15, 0.2) is 5.82 Å². The number of aryl methyl sites for hydroxylation is 1. The van der Waals surface area contributed by atoms with Crippen LogP contribution >= 0.6 is 22.6 Å². The first kappa shape index (κ1) is 14.2. The second kappa shape index (κ2) is 5.93. The Hall–Kier alpha value is -1.76. The molecule has 2 aromatic heterocycles. The second-order valence-corrected chi connectivity index (χ2v) is 5.78. The summed E-state index contributed by atoms with van der Waals surface area (Å²) in [6.45, 7) is 4.90. The van der Waals surface area contributed by atoms with Crippen molar-refractivity contribution in [2.24, 2.45) is 0 Å². The molecule has 0 amide bonds. The minimum absolute atomic E-state index is 0.716. The van der Waals surface area contributed by atoms with E-state index < -0.39 is 0 Å². The van der Waals surface area contributed by atoms with Crippen LogP contribution in [0.2, 0.25) is 0 Å². The Morgan fingerprint density at radius 2 is 1.95 bits per heavy atom. The summed E-state index contributed by atoms with van der Waals surface area (Å²) in [4.78, 5) is 13.8. The number of hydrogen-bond acceptors (Lipinski definition) is 4. The van der Waals surface area contributed by atoms with Gasteiger partial charge in [-0.15, -0.1) is 0 Å². The lowest BCUT2D eigenvalue weighted by molar-refractivity contribution is 1.06. The predicted octanol–water partition coefficient (Wildman–Crippen LogP) is 4.04. The molecule has 4 nitrogen and oxygen atoms in total. The fourth-order valence-corrected chi connectivity index (χ4v) is 2.68. The summed E-state index contributed by atoms with van der Waals surface area (Å²) in [5.74, 6) is 1.60. The number of aromatic nitrogens is 3. The Morgan fingerprint density at radius 1 is 1.14 bits per heavy atom. The molecule has 0 aliphatic carbocycles. The topological polar surface area (TPSA) is 50.7 Å². The van der Waals surface area contributed by atoms with E-state index in [-0.39, 0.29) is 0 Å². The standard InChI is InChI=1S/C16H15IN4/c1-3-18-16-13(17)10(2)20-15(21-16)12-8-4-6-11-7-5-9-19-14(11)12/h4-9H,3H2,1-2H3,(H,18,20,21). The molecule has 0 spiro atoms. The zero-order chi connectivity index (χ0) is 14.8. The van der Waals surface area contributed by atoms with Crippen molar-refractivity contribution in [1.82, 2.24) is 15.0 Å². The number of pyridine rings is 1. The van der Waals surface area contributed by atoms with Crippen LogP contribution in [-0.4, -0.2) is 21.5 Å². The SMILES string of the molecule is CCNc1nc(-c2cccc3cccnc23)nc(C)c1I. The lowest BCUT2D eigenvalue weighted by Crippen LogP contribution is -2.06. The summed E-state index contributed by atoms with van der Waals surface area (Å²) in [5.41, 5.74) is 2.87. The van der Waals surface area contributed by atoms with E-state index in [0.717, 1.165) is 38.1 Å². The van der Waals surface area contributed by atoms with E-state index >= 15 is 0 Å². The van der Waals surface area contributed by atoms with Crippen molar-refractivity contribution < 1.29 is 0 Å². The number of anilines is 1. The number of benzene rings is 1. The molecule has 3 aromatic rings. The van der Waals surface area contributed by atoms with Crippen molar-refractivity contribution in [1.29, 1.82) is 0 Å². The number of halogens is 1. The van der Waals surface area contributed by atoms with Gasteiger partial charge in [0.25, 0.3) is 0 Å². The molecule has 0 saturated heterocycles. The van der Waals surface area contributed by atoms with Gasteiger partial charge in [0.05, 0.1) is 14.8 Å². The molecule has 0 unspecified atom stereocenters. The Balaban J connectivity index is 2.23. The zero-order valence-electron chi connectivity index (χ0n) is 11.9. The molecule has 0 aliphatic heterocycles. The summed E-state index contributed by atoms with van der Waals surface area (Å²) in [6, 6.07) is 10.1. The van der Waals surface area contributed by atoms with Crippen LogP contribution in [0, 0.1) is 10.5 Å². The van der Waals surface area contributed by atoms with Gasteiger partial charge in [-0.1, -0.05) is 18.2 Å². The molecular formula is C16H15IN4. The number of para-hydroxylation sites is 1. The number of hydrogen-bond donors (Lipinski definition) is 1. The fraction of sp³-hybridized carbons (Fsp3) is 0.188. The fourth-order valence-electron chi connectivity index (χ4n) is 2.25. The molecule has 0 bridgehead atoms. The van der Waals surface area contributed by atoms with Gasteiger partial charge in [-0.05, 0) is 48.6 Å². The van der Waals surface area contributed by atoms with Gasteiger partial charge in [0.1, 0.15) is 5.82 Å². The van der Waals surface area contributed by atoms with Crippen molar-refractivity contribution >= 4 is 39.3 Å². The molecular weight excluding hydrogens is 375 g/mol. The summed E-state index contributed by atoms with van der Waals surface area (Å²) in [5, 5.41) is 4.39. The highest BCUT2D eigenvalue weighted by atomic mass is 127. The van der Waals surface area contributed by atoms with Crippen molar-refractivity contribution in [3.8, 4) is 11.4 Å². The van der Waals surface area contributed by atoms with E-state index in [0.29, 0.717) is 5.82 Å². The Kier molecular flexibility index (Phi) is 4.01. The maximum atomic E-state index is 4.67. The number of nitrogens with zero attached hydrogens (tertiary/aromatic N) is 3. The molecule has 106 valence electrons. The van der Waals surface area contributed by atoms with Crippen LogP contribution in [0.15, 0.2) is 36.5 Å². The van der Waals surface area contributed by atoms with Gasteiger partial charge in [-0.3, -0.25) is 4.98 Å². The smallest absolute Gasteiger partial charge is 0.164 e. The largest absolute Gasteiger partial charge is 0.369 e. The van der Waals surface area contributed by atoms with E-state index in [2.05, 4.69) is 61.9 Å². The summed E-state index contributed by atoms with van der Waals surface area (Å²) >= 11 is 2.28. The maximum Gasteiger partial charge on any atom is 0.164 e. The van der Waals surface area contributed by atoms with Gasteiger partial charge in [0, 0.05) is 23.7 Å². The van der Waals surface area contributed by atoms with E-state index in [1.807, 2.05) is 25.1 Å². The highest BCUT2D eigenvalue weighted by Crippen LogP contribution is 2.27. The first-order valence-electron chi connectivity index (χ1n) is 6.83. The highest BCUT2D eigenvalue weighted by molar-refractivity contribution is 14.1. The van der Waals surface area contributed by atoms with Gasteiger partial charge < -0.3 is 5.32 Å². The Morgan fingerprint density at radius 3 is 2.76 bits per heavy atom.